The van der Waals surface area contributed by atoms with Gasteiger partial charge in [-0.3, -0.25) is 0 Å². The highest BCUT2D eigenvalue weighted by Gasteiger charge is 2.18. The summed E-state index contributed by atoms with van der Waals surface area (Å²) in [6.45, 7) is 3.75. The van der Waals surface area contributed by atoms with E-state index in [0.29, 0.717) is 6.54 Å². The van der Waals surface area contributed by atoms with Crippen LogP contribution >= 0.6 is 0 Å². The molecule has 1 fully saturated rings. The summed E-state index contributed by atoms with van der Waals surface area (Å²) in [4.78, 5) is 0. The topological polar surface area (TPSA) is 51.2 Å². The monoisotopic (exact) mass is 236 g/mol. The molecule has 0 radical (unpaired) electrons. The van der Waals surface area contributed by atoms with Crippen LogP contribution in [0.3, 0.4) is 0 Å². The molecule has 17 heavy (non-hydrogen) atoms. The Morgan fingerprint density at radius 1 is 1.47 bits per heavy atom. The van der Waals surface area contributed by atoms with Crippen molar-refractivity contribution in [3.05, 3.63) is 23.7 Å². The van der Waals surface area contributed by atoms with E-state index in [1.807, 2.05) is 12.1 Å². The van der Waals surface area contributed by atoms with E-state index in [9.17, 15) is 0 Å². The molecule has 0 bridgehead atoms. The smallest absolute Gasteiger partial charge is 0.122 e. The first-order chi connectivity index (χ1) is 8.33. The summed E-state index contributed by atoms with van der Waals surface area (Å²) in [5.41, 5.74) is 5.80. The fourth-order valence-corrected chi connectivity index (χ4v) is 2.32. The van der Waals surface area contributed by atoms with Gasteiger partial charge in [0.15, 0.2) is 0 Å². The van der Waals surface area contributed by atoms with Crippen molar-refractivity contribution in [2.75, 3.05) is 13.1 Å². The Bertz CT molecular complexity index is 331. The summed E-state index contributed by atoms with van der Waals surface area (Å²) in [6, 6.07) is 4.27. The molecular formula is C14H24N2O. The van der Waals surface area contributed by atoms with Gasteiger partial charge in [0.2, 0.25) is 0 Å². The molecular weight excluding hydrogens is 212 g/mol. The lowest BCUT2D eigenvalue weighted by atomic mass is 9.83. The Balaban J connectivity index is 1.78. The van der Waals surface area contributed by atoms with Crippen molar-refractivity contribution in [1.82, 2.24) is 5.32 Å². The van der Waals surface area contributed by atoms with Crippen LogP contribution < -0.4 is 11.1 Å². The van der Waals surface area contributed by atoms with Gasteiger partial charge in [-0.15, -0.1) is 0 Å². The third-order valence-electron chi connectivity index (χ3n) is 3.78. The highest BCUT2D eigenvalue weighted by atomic mass is 16.3. The van der Waals surface area contributed by atoms with Gasteiger partial charge in [-0.1, -0.05) is 26.2 Å². The van der Waals surface area contributed by atoms with Crippen molar-refractivity contribution in [2.24, 2.45) is 11.7 Å². The third-order valence-corrected chi connectivity index (χ3v) is 3.78. The minimum Gasteiger partial charge on any atom is -0.464 e. The maximum Gasteiger partial charge on any atom is 0.122 e. The maximum atomic E-state index is 5.80. The van der Waals surface area contributed by atoms with Gasteiger partial charge in [-0.05, 0) is 31.0 Å². The normalized spacial score (nSPS) is 18.0. The first-order valence-corrected chi connectivity index (χ1v) is 6.85. The quantitative estimate of drug-likeness (QED) is 0.765. The SMILES string of the molecule is CCc1ccc(C(CN)NCCC2CCC2)o1. The van der Waals surface area contributed by atoms with Crippen molar-refractivity contribution >= 4 is 0 Å². The van der Waals surface area contributed by atoms with Gasteiger partial charge in [0.05, 0.1) is 6.04 Å². The number of hydrogen-bond donors (Lipinski definition) is 2. The second kappa shape index (κ2) is 6.22. The zero-order valence-electron chi connectivity index (χ0n) is 10.7. The molecule has 0 saturated heterocycles. The average molecular weight is 236 g/mol. The zero-order chi connectivity index (χ0) is 12.1. The largest absolute Gasteiger partial charge is 0.464 e. The molecule has 3 heteroatoms. The molecule has 1 atom stereocenters. The molecule has 0 aliphatic heterocycles. The van der Waals surface area contributed by atoms with Gasteiger partial charge < -0.3 is 15.5 Å². The van der Waals surface area contributed by atoms with E-state index < -0.39 is 0 Å². The summed E-state index contributed by atoms with van der Waals surface area (Å²) in [5.74, 6) is 2.97. The molecule has 96 valence electrons. The number of rotatable bonds is 7. The molecule has 0 spiro atoms. The summed E-state index contributed by atoms with van der Waals surface area (Å²) in [7, 11) is 0. The highest BCUT2D eigenvalue weighted by molar-refractivity contribution is 5.11. The van der Waals surface area contributed by atoms with E-state index in [-0.39, 0.29) is 6.04 Å². The lowest BCUT2D eigenvalue weighted by molar-refractivity contribution is 0.283. The summed E-state index contributed by atoms with van der Waals surface area (Å²) >= 11 is 0. The third kappa shape index (κ3) is 3.33. The van der Waals surface area contributed by atoms with Crippen LogP contribution in [0.1, 0.15) is 50.2 Å². The van der Waals surface area contributed by atoms with Crippen LogP contribution in [0.25, 0.3) is 0 Å². The summed E-state index contributed by atoms with van der Waals surface area (Å²) in [6.07, 6.45) is 6.46. The van der Waals surface area contributed by atoms with Gasteiger partial charge in [-0.2, -0.15) is 0 Å². The van der Waals surface area contributed by atoms with Crippen LogP contribution in [-0.2, 0) is 6.42 Å². The molecule has 0 amide bonds. The second-order valence-electron chi connectivity index (χ2n) is 4.99. The van der Waals surface area contributed by atoms with Crippen LogP contribution in [0.2, 0.25) is 0 Å². The number of furan rings is 1. The molecule has 1 aliphatic rings. The predicted molar refractivity (Wildman–Crippen MR) is 69.8 cm³/mol. The minimum atomic E-state index is 0.176. The van der Waals surface area contributed by atoms with Crippen LogP contribution in [0, 0.1) is 5.92 Å². The maximum absolute atomic E-state index is 5.80. The lowest BCUT2D eigenvalue weighted by Crippen LogP contribution is -2.30. The summed E-state index contributed by atoms with van der Waals surface area (Å²) in [5, 5.41) is 3.50. The molecule has 3 N–H and O–H groups in total. The standard InChI is InChI=1S/C14H24N2O/c1-2-12-6-7-14(17-12)13(10-15)16-9-8-11-4-3-5-11/h6-7,11,13,16H,2-5,8-10,15H2,1H3. The highest BCUT2D eigenvalue weighted by Crippen LogP contribution is 2.29. The average Bonchev–Trinajstić information content (AvgIpc) is 2.75. The molecule has 1 unspecified atom stereocenters. The predicted octanol–water partition coefficient (Wildman–Crippen LogP) is 2.62. The van der Waals surface area contributed by atoms with Gasteiger partial charge in [-0.25, -0.2) is 0 Å². The van der Waals surface area contributed by atoms with E-state index in [1.54, 1.807) is 0 Å². The van der Waals surface area contributed by atoms with Crippen molar-refractivity contribution < 1.29 is 4.42 Å². The van der Waals surface area contributed by atoms with E-state index >= 15 is 0 Å². The first-order valence-electron chi connectivity index (χ1n) is 6.85. The Morgan fingerprint density at radius 3 is 2.82 bits per heavy atom. The van der Waals surface area contributed by atoms with E-state index in [0.717, 1.165) is 30.4 Å². The number of nitrogens with one attached hydrogen (secondary N) is 1. The fraction of sp³-hybridized carbons (Fsp3) is 0.714. The van der Waals surface area contributed by atoms with Crippen molar-refractivity contribution in [2.45, 2.75) is 45.1 Å². The van der Waals surface area contributed by atoms with Crippen molar-refractivity contribution in [3.8, 4) is 0 Å². The van der Waals surface area contributed by atoms with Crippen LogP contribution in [0.5, 0.6) is 0 Å². The van der Waals surface area contributed by atoms with Crippen LogP contribution in [0.15, 0.2) is 16.5 Å². The van der Waals surface area contributed by atoms with Gasteiger partial charge in [0, 0.05) is 13.0 Å². The number of hydrogen-bond acceptors (Lipinski definition) is 3. The van der Waals surface area contributed by atoms with Gasteiger partial charge in [0.25, 0.3) is 0 Å². The van der Waals surface area contributed by atoms with Crippen molar-refractivity contribution in [1.29, 1.82) is 0 Å². The fourth-order valence-electron chi connectivity index (χ4n) is 2.32. The molecule has 1 aromatic heterocycles. The van der Waals surface area contributed by atoms with Crippen LogP contribution in [-0.4, -0.2) is 13.1 Å². The number of aryl methyl sites for hydroxylation is 1. The first kappa shape index (κ1) is 12.7. The Hall–Kier alpha value is -0.800. The Kier molecular flexibility index (Phi) is 4.63. The molecule has 1 aromatic rings. The minimum absolute atomic E-state index is 0.176. The second-order valence-corrected chi connectivity index (χ2v) is 4.99. The Labute approximate surface area is 104 Å². The van der Waals surface area contributed by atoms with E-state index in [1.165, 1.54) is 25.7 Å². The molecule has 1 heterocycles. The molecule has 1 saturated carbocycles. The molecule has 1 aliphatic carbocycles. The van der Waals surface area contributed by atoms with E-state index in [2.05, 4.69) is 12.2 Å². The van der Waals surface area contributed by atoms with Gasteiger partial charge in [0.1, 0.15) is 11.5 Å². The van der Waals surface area contributed by atoms with Crippen molar-refractivity contribution in [3.63, 3.8) is 0 Å². The van der Waals surface area contributed by atoms with Crippen LogP contribution in [0.4, 0.5) is 0 Å². The Morgan fingerprint density at radius 2 is 2.29 bits per heavy atom. The molecule has 2 rings (SSSR count). The summed E-state index contributed by atoms with van der Waals surface area (Å²) < 4.78 is 5.74. The number of nitrogens with two attached hydrogens (primary N) is 1. The van der Waals surface area contributed by atoms with Gasteiger partial charge >= 0.3 is 0 Å². The molecule has 0 aromatic carbocycles. The molecule has 3 nitrogen and oxygen atoms in total. The zero-order valence-corrected chi connectivity index (χ0v) is 10.7. The van der Waals surface area contributed by atoms with E-state index in [4.69, 9.17) is 10.2 Å². The lowest BCUT2D eigenvalue weighted by Gasteiger charge is -2.26.